The maximum atomic E-state index is 13.9. The molecule has 7 heteroatoms. The Morgan fingerprint density at radius 2 is 2.00 bits per heavy atom. The van der Waals surface area contributed by atoms with Gasteiger partial charge in [0.25, 0.3) is 0 Å². The average molecular weight is 348 g/mol. The van der Waals surface area contributed by atoms with Crippen LogP contribution in [0.4, 0.5) is 10.1 Å². The van der Waals surface area contributed by atoms with E-state index in [0.29, 0.717) is 6.54 Å². The van der Waals surface area contributed by atoms with Crippen LogP contribution in [0, 0.1) is 11.7 Å². The van der Waals surface area contributed by atoms with Gasteiger partial charge in [0.05, 0.1) is 12.3 Å². The highest BCUT2D eigenvalue weighted by Gasteiger charge is 2.38. The Hall–Kier alpha value is -2.44. The van der Waals surface area contributed by atoms with Crippen molar-refractivity contribution in [3.63, 3.8) is 0 Å². The van der Waals surface area contributed by atoms with Crippen LogP contribution in [-0.4, -0.2) is 40.4 Å². The summed E-state index contributed by atoms with van der Waals surface area (Å²) in [5.74, 6) is -2.52. The van der Waals surface area contributed by atoms with Gasteiger partial charge in [-0.25, -0.2) is 4.39 Å². The smallest absolute Gasteiger partial charge is 0.307 e. The van der Waals surface area contributed by atoms with E-state index in [1.165, 1.54) is 12.1 Å². The van der Waals surface area contributed by atoms with Crippen molar-refractivity contribution in [1.29, 1.82) is 0 Å². The summed E-state index contributed by atoms with van der Waals surface area (Å²) in [6, 6.07) is 4.19. The number of hydrogen-bond donors (Lipinski definition) is 2. The largest absolute Gasteiger partial charge is 0.481 e. The molecule has 1 aliphatic heterocycles. The minimum Gasteiger partial charge on any atom is -0.481 e. The lowest BCUT2D eigenvalue weighted by Crippen LogP contribution is -2.35. The number of nitrogens with one attached hydrogen (secondary N) is 1. The summed E-state index contributed by atoms with van der Waals surface area (Å²) in [7, 11) is 0. The van der Waals surface area contributed by atoms with Gasteiger partial charge in [0, 0.05) is 24.7 Å². The molecule has 1 aromatic rings. The quantitative estimate of drug-likeness (QED) is 0.854. The van der Waals surface area contributed by atoms with E-state index < -0.39 is 24.1 Å². The molecule has 1 aromatic carbocycles. The van der Waals surface area contributed by atoms with E-state index in [2.05, 4.69) is 5.32 Å². The van der Waals surface area contributed by atoms with Crippen LogP contribution < -0.4 is 5.32 Å². The van der Waals surface area contributed by atoms with Gasteiger partial charge in [0.1, 0.15) is 5.82 Å². The number of carbonyl (C=O) groups is 3. The lowest BCUT2D eigenvalue weighted by Gasteiger charge is -2.23. The second-order valence-electron chi connectivity index (χ2n) is 6.75. The molecular formula is C18H21FN2O4. The number of amides is 2. The fourth-order valence-electron chi connectivity index (χ4n) is 3.65. The van der Waals surface area contributed by atoms with Crippen molar-refractivity contribution in [3.05, 3.63) is 29.6 Å². The third-order valence-corrected chi connectivity index (χ3v) is 4.96. The van der Waals surface area contributed by atoms with Gasteiger partial charge in [-0.05, 0) is 30.5 Å². The van der Waals surface area contributed by atoms with Crippen molar-refractivity contribution in [3.8, 4) is 0 Å². The first-order valence-electron chi connectivity index (χ1n) is 8.54. The summed E-state index contributed by atoms with van der Waals surface area (Å²) in [5.41, 5.74) is 0.331. The number of benzene rings is 1. The number of rotatable bonds is 5. The normalized spacial score (nSPS) is 20.9. The first-order chi connectivity index (χ1) is 11.9. The van der Waals surface area contributed by atoms with Gasteiger partial charge in [-0.15, -0.1) is 0 Å². The number of carboxylic acids is 1. The van der Waals surface area contributed by atoms with E-state index in [9.17, 15) is 18.8 Å². The molecule has 0 radical (unpaired) electrons. The van der Waals surface area contributed by atoms with E-state index in [1.807, 2.05) is 4.90 Å². The number of likely N-dealkylation sites (tertiary alicyclic amines) is 1. The van der Waals surface area contributed by atoms with E-state index in [-0.39, 0.29) is 35.5 Å². The molecule has 0 unspecified atom stereocenters. The number of aliphatic carboxylic acids is 1. The fourth-order valence-corrected chi connectivity index (χ4v) is 3.65. The minimum atomic E-state index is -1.12. The Morgan fingerprint density at radius 1 is 1.28 bits per heavy atom. The van der Waals surface area contributed by atoms with E-state index in [1.54, 1.807) is 0 Å². The summed E-state index contributed by atoms with van der Waals surface area (Å²) >= 11 is 0. The number of halogens is 1. The van der Waals surface area contributed by atoms with Crippen LogP contribution in [0.5, 0.6) is 0 Å². The molecular weight excluding hydrogens is 327 g/mol. The molecule has 2 fully saturated rings. The van der Waals surface area contributed by atoms with Crippen LogP contribution in [-0.2, 0) is 20.8 Å². The topological polar surface area (TPSA) is 86.7 Å². The van der Waals surface area contributed by atoms with Crippen molar-refractivity contribution < 1.29 is 23.9 Å². The van der Waals surface area contributed by atoms with Crippen LogP contribution in [0.15, 0.2) is 18.2 Å². The molecule has 25 heavy (non-hydrogen) atoms. The summed E-state index contributed by atoms with van der Waals surface area (Å²) < 4.78 is 13.9. The predicted molar refractivity (Wildman–Crippen MR) is 88.4 cm³/mol. The van der Waals surface area contributed by atoms with Crippen LogP contribution in [0.25, 0.3) is 0 Å². The molecule has 134 valence electrons. The van der Waals surface area contributed by atoms with E-state index in [0.717, 1.165) is 31.7 Å². The Labute approximate surface area is 145 Å². The van der Waals surface area contributed by atoms with Gasteiger partial charge in [0.15, 0.2) is 0 Å². The first-order valence-corrected chi connectivity index (χ1v) is 8.54. The van der Waals surface area contributed by atoms with Crippen molar-refractivity contribution >= 4 is 23.5 Å². The molecule has 2 aliphatic rings. The fraction of sp³-hybridized carbons (Fsp3) is 0.500. The molecule has 2 amide bonds. The highest BCUT2D eigenvalue weighted by Crippen LogP contribution is 2.30. The predicted octanol–water partition coefficient (Wildman–Crippen LogP) is 2.18. The third-order valence-electron chi connectivity index (χ3n) is 4.96. The van der Waals surface area contributed by atoms with Gasteiger partial charge in [-0.2, -0.15) is 0 Å². The maximum Gasteiger partial charge on any atom is 0.307 e. The van der Waals surface area contributed by atoms with E-state index in [4.69, 9.17) is 5.11 Å². The molecule has 2 N–H and O–H groups in total. The molecule has 0 aromatic heterocycles. The summed E-state index contributed by atoms with van der Waals surface area (Å²) in [4.78, 5) is 37.0. The van der Waals surface area contributed by atoms with Gasteiger partial charge >= 0.3 is 5.97 Å². The van der Waals surface area contributed by atoms with Gasteiger partial charge < -0.3 is 15.3 Å². The molecule has 1 heterocycles. The number of hydrogen-bond acceptors (Lipinski definition) is 3. The number of anilines is 1. The maximum absolute atomic E-state index is 13.9. The summed E-state index contributed by atoms with van der Waals surface area (Å²) in [6.07, 6.45) is 4.00. The van der Waals surface area contributed by atoms with Crippen molar-refractivity contribution in [2.45, 2.75) is 44.6 Å². The molecule has 1 atom stereocenters. The van der Waals surface area contributed by atoms with Gasteiger partial charge in [0.2, 0.25) is 11.8 Å². The SMILES string of the molecule is O=C(O)Cc1ccc(NC(=O)[C@@H]2CC(=O)N(C3CCCC3)C2)cc1F. The molecule has 0 spiro atoms. The Balaban J connectivity index is 1.61. The van der Waals surface area contributed by atoms with Crippen LogP contribution in [0.1, 0.15) is 37.7 Å². The van der Waals surface area contributed by atoms with Gasteiger partial charge in [-0.3, -0.25) is 14.4 Å². The summed E-state index contributed by atoms with van der Waals surface area (Å²) in [5, 5.41) is 11.3. The molecule has 0 bridgehead atoms. The van der Waals surface area contributed by atoms with Crippen molar-refractivity contribution in [1.82, 2.24) is 4.90 Å². The van der Waals surface area contributed by atoms with Crippen LogP contribution in [0.3, 0.4) is 0 Å². The van der Waals surface area contributed by atoms with Crippen molar-refractivity contribution in [2.75, 3.05) is 11.9 Å². The van der Waals surface area contributed by atoms with E-state index >= 15 is 0 Å². The van der Waals surface area contributed by atoms with Gasteiger partial charge in [-0.1, -0.05) is 18.9 Å². The standard InChI is InChI=1S/C18H21FN2O4/c19-15-9-13(6-5-11(15)8-17(23)24)20-18(25)12-7-16(22)21(10-12)14-3-1-2-4-14/h5-6,9,12,14H,1-4,7-8,10H2,(H,20,25)(H,23,24)/t12-/m1/s1. The lowest BCUT2D eigenvalue weighted by molar-refractivity contribution is -0.136. The van der Waals surface area contributed by atoms with Crippen LogP contribution >= 0.6 is 0 Å². The molecule has 6 nitrogen and oxygen atoms in total. The highest BCUT2D eigenvalue weighted by molar-refractivity contribution is 5.97. The second-order valence-corrected chi connectivity index (χ2v) is 6.75. The zero-order valence-electron chi connectivity index (χ0n) is 13.8. The average Bonchev–Trinajstić information content (AvgIpc) is 3.18. The van der Waals surface area contributed by atoms with Crippen LogP contribution in [0.2, 0.25) is 0 Å². The Kier molecular flexibility index (Phi) is 5.01. The summed E-state index contributed by atoms with van der Waals surface area (Å²) in [6.45, 7) is 0.412. The Morgan fingerprint density at radius 3 is 2.64 bits per heavy atom. The molecule has 1 saturated heterocycles. The first kappa shape index (κ1) is 17.4. The monoisotopic (exact) mass is 348 g/mol. The number of carbonyl (C=O) groups excluding carboxylic acids is 2. The third kappa shape index (κ3) is 3.97. The number of carboxylic acid groups (broad SMARTS) is 1. The molecule has 1 aliphatic carbocycles. The molecule has 1 saturated carbocycles. The highest BCUT2D eigenvalue weighted by atomic mass is 19.1. The zero-order valence-corrected chi connectivity index (χ0v) is 13.8. The lowest BCUT2D eigenvalue weighted by atomic mass is 10.1. The Bertz CT molecular complexity index is 700. The molecule has 3 rings (SSSR count). The van der Waals surface area contributed by atoms with Crippen molar-refractivity contribution in [2.24, 2.45) is 5.92 Å². The minimum absolute atomic E-state index is 0.00929. The number of nitrogens with zero attached hydrogens (tertiary/aromatic N) is 1. The zero-order chi connectivity index (χ0) is 18.0. The second kappa shape index (κ2) is 7.21.